The van der Waals surface area contributed by atoms with Crippen LogP contribution in [0.1, 0.15) is 65.4 Å². The summed E-state index contributed by atoms with van der Waals surface area (Å²) in [5.41, 5.74) is 3.41. The summed E-state index contributed by atoms with van der Waals surface area (Å²) in [5, 5.41) is 9.14. The van der Waals surface area contributed by atoms with E-state index in [1.807, 2.05) is 69.3 Å². The van der Waals surface area contributed by atoms with Gasteiger partial charge in [-0.05, 0) is 58.1 Å². The monoisotopic (exact) mass is 588 g/mol. The summed E-state index contributed by atoms with van der Waals surface area (Å²) >= 11 is 0. The average Bonchev–Trinajstić information content (AvgIpc) is 3.08. The van der Waals surface area contributed by atoms with Gasteiger partial charge in [0, 0.05) is 47.9 Å². The number of hydrogen-bond acceptors (Lipinski definition) is 6. The molecule has 1 saturated carbocycles. The molecular formula is C34H48N6O3. The summed E-state index contributed by atoms with van der Waals surface area (Å²) in [6.45, 7) is 9.95. The number of nitrogens with zero attached hydrogens (tertiary/aromatic N) is 5. The number of rotatable bonds is 11. The maximum absolute atomic E-state index is 14.1. The van der Waals surface area contributed by atoms with Crippen molar-refractivity contribution in [3.8, 4) is 0 Å². The van der Waals surface area contributed by atoms with Crippen LogP contribution in [-0.2, 0) is 9.59 Å². The maximum atomic E-state index is 14.1. The first-order chi connectivity index (χ1) is 20.5. The fraction of sp³-hybridized carbons (Fsp3) is 0.529. The summed E-state index contributed by atoms with van der Waals surface area (Å²) in [6.07, 6.45) is 5.36. The maximum Gasteiger partial charge on any atom is 0.345 e. The zero-order valence-electron chi connectivity index (χ0n) is 26.7. The number of urea groups is 1. The number of carbonyl (C=O) groups excluding carboxylic acids is 3. The topological polar surface area (TPSA) is 88.6 Å². The highest BCUT2D eigenvalue weighted by Gasteiger charge is 2.36. The molecule has 0 atom stereocenters. The summed E-state index contributed by atoms with van der Waals surface area (Å²) in [7, 11) is 4.10. The highest BCUT2D eigenvalue weighted by atomic mass is 16.2. The van der Waals surface area contributed by atoms with Gasteiger partial charge in [0.2, 0.25) is 5.91 Å². The molecule has 2 aliphatic rings. The molecule has 3 amide bonds. The van der Waals surface area contributed by atoms with Gasteiger partial charge in [0.15, 0.2) is 5.78 Å². The van der Waals surface area contributed by atoms with Crippen LogP contribution in [0.2, 0.25) is 0 Å². The molecule has 9 heteroatoms. The molecule has 0 radical (unpaired) electrons. The number of nitrogens with one attached hydrogen (secondary N) is 1. The van der Waals surface area contributed by atoms with E-state index in [1.54, 1.807) is 0 Å². The van der Waals surface area contributed by atoms with Gasteiger partial charge < -0.3 is 15.1 Å². The van der Waals surface area contributed by atoms with Crippen LogP contribution in [0.3, 0.4) is 0 Å². The summed E-state index contributed by atoms with van der Waals surface area (Å²) in [5.74, 6) is -0.222. The second-order valence-electron chi connectivity index (χ2n) is 12.9. The summed E-state index contributed by atoms with van der Waals surface area (Å²) in [4.78, 5) is 46.7. The van der Waals surface area contributed by atoms with Crippen LogP contribution in [0.15, 0.2) is 53.6 Å². The van der Waals surface area contributed by atoms with E-state index in [0.29, 0.717) is 11.4 Å². The molecule has 1 aliphatic carbocycles. The normalized spacial score (nSPS) is 16.1. The van der Waals surface area contributed by atoms with E-state index in [-0.39, 0.29) is 30.7 Å². The minimum Gasteiger partial charge on any atom is -0.370 e. The Labute approximate surface area is 256 Å². The molecule has 4 rings (SSSR count). The van der Waals surface area contributed by atoms with Crippen LogP contribution in [0, 0.1) is 11.3 Å². The van der Waals surface area contributed by atoms with Crippen LogP contribution >= 0.6 is 0 Å². The minimum absolute atomic E-state index is 0.0623. The lowest BCUT2D eigenvalue weighted by Crippen LogP contribution is -2.47. The fourth-order valence-electron chi connectivity index (χ4n) is 5.62. The predicted octanol–water partition coefficient (Wildman–Crippen LogP) is 5.85. The van der Waals surface area contributed by atoms with Crippen molar-refractivity contribution in [2.75, 3.05) is 61.9 Å². The van der Waals surface area contributed by atoms with E-state index in [4.69, 9.17) is 5.10 Å². The number of para-hydroxylation sites is 1. The first-order valence-electron chi connectivity index (χ1n) is 15.6. The number of hydrazone groups is 1. The van der Waals surface area contributed by atoms with Crippen LogP contribution in [0.4, 0.5) is 21.9 Å². The Balaban J connectivity index is 1.62. The van der Waals surface area contributed by atoms with E-state index in [9.17, 15) is 14.4 Å². The highest BCUT2D eigenvalue weighted by Crippen LogP contribution is 2.34. The summed E-state index contributed by atoms with van der Waals surface area (Å²) < 4.78 is 0. The Morgan fingerprint density at radius 2 is 1.70 bits per heavy atom. The number of ketones is 1. The van der Waals surface area contributed by atoms with Crippen LogP contribution in [-0.4, -0.2) is 80.2 Å². The molecule has 9 nitrogen and oxygen atoms in total. The lowest BCUT2D eigenvalue weighted by molar-refractivity contribution is -0.124. The highest BCUT2D eigenvalue weighted by molar-refractivity contribution is 6.13. The molecule has 1 N–H and O–H groups in total. The van der Waals surface area contributed by atoms with Gasteiger partial charge in [-0.25, -0.2) is 9.80 Å². The van der Waals surface area contributed by atoms with Crippen molar-refractivity contribution in [2.24, 2.45) is 16.4 Å². The standard InChI is InChI=1S/C34H48N6O3/c1-7-38(21-20-37(5)6)27-17-13-16-26(22-27)35-31(42)24-40-33(43)39(23-30(41)34(2,3)4)29-19-12-11-18-28(29)32(36-40)25-14-9-8-10-15-25/h11-13,16-19,22,25H,7-10,14-15,20-21,23-24H2,1-6H3,(H,35,42). The number of anilines is 3. The van der Waals surface area contributed by atoms with Crippen molar-refractivity contribution in [1.29, 1.82) is 0 Å². The van der Waals surface area contributed by atoms with E-state index < -0.39 is 11.4 Å². The van der Waals surface area contributed by atoms with Crippen molar-refractivity contribution < 1.29 is 14.4 Å². The first kappa shape index (κ1) is 32.2. The Morgan fingerprint density at radius 1 is 0.977 bits per heavy atom. The molecule has 0 spiro atoms. The van der Waals surface area contributed by atoms with Crippen LogP contribution in [0.25, 0.3) is 0 Å². The van der Waals surface area contributed by atoms with Gasteiger partial charge in [-0.2, -0.15) is 5.10 Å². The lowest BCUT2D eigenvalue weighted by atomic mass is 9.83. The second kappa shape index (κ2) is 14.2. The number of likely N-dealkylation sites (N-methyl/N-ethyl adjacent to an activating group) is 2. The Morgan fingerprint density at radius 3 is 2.37 bits per heavy atom. The van der Waals surface area contributed by atoms with Crippen molar-refractivity contribution in [3.05, 3.63) is 54.1 Å². The first-order valence-corrected chi connectivity index (χ1v) is 15.6. The zero-order chi connectivity index (χ0) is 31.1. The SMILES string of the molecule is CCN(CCN(C)C)c1cccc(NC(=O)CN2N=C(C3CCCCC3)c3ccccc3N(CC(=O)C(C)(C)C)C2=O)c1. The van der Waals surface area contributed by atoms with Crippen molar-refractivity contribution >= 4 is 40.5 Å². The van der Waals surface area contributed by atoms with Gasteiger partial charge >= 0.3 is 6.03 Å². The molecule has 1 aliphatic heterocycles. The predicted molar refractivity (Wildman–Crippen MR) is 175 cm³/mol. The third-order valence-corrected chi connectivity index (χ3v) is 8.27. The fourth-order valence-corrected chi connectivity index (χ4v) is 5.62. The third-order valence-electron chi connectivity index (χ3n) is 8.27. The number of carbonyl (C=O) groups is 3. The van der Waals surface area contributed by atoms with Crippen molar-refractivity contribution in [1.82, 2.24) is 9.91 Å². The van der Waals surface area contributed by atoms with Gasteiger partial charge in [0.1, 0.15) is 6.54 Å². The molecule has 0 bridgehead atoms. The zero-order valence-corrected chi connectivity index (χ0v) is 26.7. The molecule has 0 aromatic heterocycles. The minimum atomic E-state index is -0.624. The summed E-state index contributed by atoms with van der Waals surface area (Å²) in [6, 6.07) is 15.0. The van der Waals surface area contributed by atoms with E-state index in [2.05, 4.69) is 36.1 Å². The van der Waals surface area contributed by atoms with Gasteiger partial charge in [-0.15, -0.1) is 0 Å². The number of benzene rings is 2. The number of fused-ring (bicyclic) bond motifs is 1. The van der Waals surface area contributed by atoms with Gasteiger partial charge in [-0.1, -0.05) is 64.3 Å². The molecule has 1 heterocycles. The van der Waals surface area contributed by atoms with Crippen molar-refractivity contribution in [2.45, 2.75) is 59.8 Å². The number of amides is 3. The van der Waals surface area contributed by atoms with Gasteiger partial charge in [0.05, 0.1) is 17.9 Å². The van der Waals surface area contributed by atoms with Crippen molar-refractivity contribution in [3.63, 3.8) is 0 Å². The molecule has 1 fully saturated rings. The number of hydrogen-bond donors (Lipinski definition) is 1. The Bertz CT molecular complexity index is 1330. The Kier molecular flexibility index (Phi) is 10.6. The molecule has 2 aromatic carbocycles. The van der Waals surface area contributed by atoms with E-state index in [1.165, 1.54) is 16.3 Å². The van der Waals surface area contributed by atoms with E-state index in [0.717, 1.165) is 62.3 Å². The van der Waals surface area contributed by atoms with Crippen LogP contribution in [0.5, 0.6) is 0 Å². The van der Waals surface area contributed by atoms with Crippen LogP contribution < -0.4 is 15.1 Å². The average molecular weight is 589 g/mol. The largest absolute Gasteiger partial charge is 0.370 e. The quantitative estimate of drug-likeness (QED) is 0.356. The molecule has 0 saturated heterocycles. The molecule has 0 unspecified atom stereocenters. The van der Waals surface area contributed by atoms with E-state index >= 15 is 0 Å². The molecular weight excluding hydrogens is 540 g/mol. The third kappa shape index (κ3) is 8.22. The molecule has 232 valence electrons. The molecule has 43 heavy (non-hydrogen) atoms. The molecule has 2 aromatic rings. The lowest BCUT2D eigenvalue weighted by Gasteiger charge is -2.28. The second-order valence-corrected chi connectivity index (χ2v) is 12.9. The number of Topliss-reactive ketones (excluding diaryl/α,β-unsaturated/α-hetero) is 1. The van der Waals surface area contributed by atoms with Gasteiger partial charge in [-0.3, -0.25) is 14.5 Å². The smallest absolute Gasteiger partial charge is 0.345 e. The van der Waals surface area contributed by atoms with Gasteiger partial charge in [0.25, 0.3) is 0 Å². The Hall–Kier alpha value is -3.72.